The van der Waals surface area contributed by atoms with E-state index in [1.807, 2.05) is 0 Å². The zero-order valence-electron chi connectivity index (χ0n) is 20.5. The lowest BCUT2D eigenvalue weighted by molar-refractivity contribution is -0.321. The fourth-order valence-electron chi connectivity index (χ4n) is 4.91. The van der Waals surface area contributed by atoms with Crippen LogP contribution in [0.5, 0.6) is 5.75 Å². The number of ether oxygens (including phenoxy) is 1. The molecule has 1 spiro atoms. The van der Waals surface area contributed by atoms with Gasteiger partial charge in [-0.2, -0.15) is 0 Å². The van der Waals surface area contributed by atoms with Crippen LogP contribution in [0.2, 0.25) is 0 Å². The first-order chi connectivity index (χ1) is 18.3. The van der Waals surface area contributed by atoms with Gasteiger partial charge in [0.25, 0.3) is 0 Å². The Morgan fingerprint density at radius 2 is 1.95 bits per heavy atom. The summed E-state index contributed by atoms with van der Waals surface area (Å²) in [5.74, 6) is -7.50. The molecule has 4 rings (SSSR count). The van der Waals surface area contributed by atoms with Gasteiger partial charge in [0.15, 0.2) is 17.3 Å². The van der Waals surface area contributed by atoms with Crippen LogP contribution in [-0.2, 0) is 28.7 Å². The third-order valence-electron chi connectivity index (χ3n) is 7.22. The number of anilines is 1. The maximum Gasteiger partial charge on any atom is 0.522 e. The predicted molar refractivity (Wildman–Crippen MR) is 123 cm³/mol. The summed E-state index contributed by atoms with van der Waals surface area (Å²) >= 11 is 0. The fourth-order valence-corrected chi connectivity index (χ4v) is 4.91. The molecule has 1 aliphatic carbocycles. The van der Waals surface area contributed by atoms with Crippen LogP contribution < -0.4 is 16.0 Å². The Kier molecular flexibility index (Phi) is 7.82. The van der Waals surface area contributed by atoms with Crippen LogP contribution in [0.3, 0.4) is 0 Å². The van der Waals surface area contributed by atoms with Crippen molar-refractivity contribution in [3.8, 4) is 5.75 Å². The number of phenolic OH excluding ortho intramolecular Hbond substituents is 1. The van der Waals surface area contributed by atoms with Crippen LogP contribution in [-0.4, -0.2) is 77.6 Å². The molecule has 0 unspecified atom stereocenters. The summed E-state index contributed by atoms with van der Waals surface area (Å²) in [5.41, 5.74) is -0.891. The molecule has 1 aromatic rings. The van der Waals surface area contributed by atoms with Gasteiger partial charge in [-0.1, -0.05) is 6.07 Å². The van der Waals surface area contributed by atoms with Gasteiger partial charge in [-0.25, -0.2) is 4.39 Å². The number of phenols is 1. The van der Waals surface area contributed by atoms with Gasteiger partial charge in [-0.3, -0.25) is 28.7 Å². The molecular formula is C24H26F4N4O7. The monoisotopic (exact) mass is 558 g/mol. The van der Waals surface area contributed by atoms with Crippen LogP contribution in [0.25, 0.3) is 0 Å². The average Bonchev–Trinajstić information content (AvgIpc) is 3.33. The standard InChI is InChI=1S/C24H26F4N4O7/c25-18-13(2-1-3-16(18)33)30-21(37)22(38)32-11-23(5-6-23)9-15(32)20(36)31-14(8-12-4-7-29-19(12)35)17(34)10-39-24(26,27)28/h1-3,12,14-15,33H,4-11H2,(H,29,35)(H,30,37)(H,31,36)/t12-,14-,15-/m0/s1. The van der Waals surface area contributed by atoms with Crippen molar-refractivity contribution in [2.75, 3.05) is 25.0 Å². The fraction of sp³-hybridized carbons (Fsp3) is 0.542. The summed E-state index contributed by atoms with van der Waals surface area (Å²) in [7, 11) is 0. The van der Waals surface area contributed by atoms with E-state index < -0.39 is 83.1 Å². The van der Waals surface area contributed by atoms with Crippen molar-refractivity contribution in [1.29, 1.82) is 0 Å². The highest BCUT2D eigenvalue weighted by molar-refractivity contribution is 6.40. The Labute approximate surface area is 219 Å². The number of nitrogens with zero attached hydrogens (tertiary/aromatic N) is 1. The van der Waals surface area contributed by atoms with Crippen LogP contribution in [0.4, 0.5) is 23.2 Å². The van der Waals surface area contributed by atoms with E-state index in [9.17, 15) is 46.6 Å². The molecule has 11 nitrogen and oxygen atoms in total. The molecule has 0 radical (unpaired) electrons. The molecule has 3 fully saturated rings. The normalized spacial score (nSPS) is 22.4. The third-order valence-corrected chi connectivity index (χ3v) is 7.22. The van der Waals surface area contributed by atoms with Gasteiger partial charge < -0.3 is 26.0 Å². The van der Waals surface area contributed by atoms with Gasteiger partial charge in [-0.15, -0.1) is 13.2 Å². The highest BCUT2D eigenvalue weighted by atomic mass is 19.4. The zero-order valence-corrected chi connectivity index (χ0v) is 20.5. The second-order valence-electron chi connectivity index (χ2n) is 10.0. The van der Waals surface area contributed by atoms with E-state index in [0.717, 1.165) is 17.0 Å². The Balaban J connectivity index is 1.48. The molecule has 2 saturated heterocycles. The van der Waals surface area contributed by atoms with Gasteiger partial charge in [0, 0.05) is 19.0 Å². The largest absolute Gasteiger partial charge is 0.522 e. The van der Waals surface area contributed by atoms with Crippen molar-refractivity contribution in [3.05, 3.63) is 24.0 Å². The molecule has 15 heteroatoms. The van der Waals surface area contributed by atoms with Crippen molar-refractivity contribution in [3.63, 3.8) is 0 Å². The van der Waals surface area contributed by atoms with E-state index >= 15 is 0 Å². The molecule has 4 N–H and O–H groups in total. The highest BCUT2D eigenvalue weighted by Gasteiger charge is 2.56. The lowest BCUT2D eigenvalue weighted by atomic mass is 9.95. The van der Waals surface area contributed by atoms with E-state index in [0.29, 0.717) is 25.8 Å². The van der Waals surface area contributed by atoms with E-state index in [2.05, 4.69) is 20.7 Å². The number of likely N-dealkylation sites (tertiary alicyclic amines) is 1. The van der Waals surface area contributed by atoms with Crippen LogP contribution in [0.15, 0.2) is 18.2 Å². The number of carbonyl (C=O) groups excluding carboxylic acids is 5. The molecular weight excluding hydrogens is 532 g/mol. The SMILES string of the molecule is O=C(Nc1cccc(O)c1F)C(=O)N1CC2(CC2)C[C@H]1C(=O)N[C@@H](C[C@@H]1CCNC1=O)C(=O)COC(F)(F)F. The van der Waals surface area contributed by atoms with E-state index in [1.54, 1.807) is 0 Å². The van der Waals surface area contributed by atoms with Gasteiger partial charge in [-0.05, 0) is 49.7 Å². The average molecular weight is 558 g/mol. The lowest BCUT2D eigenvalue weighted by Gasteiger charge is -2.26. The van der Waals surface area contributed by atoms with Crippen LogP contribution >= 0.6 is 0 Å². The second-order valence-corrected chi connectivity index (χ2v) is 10.0. The first-order valence-electron chi connectivity index (χ1n) is 12.2. The van der Waals surface area contributed by atoms with Crippen LogP contribution in [0.1, 0.15) is 32.1 Å². The van der Waals surface area contributed by atoms with Crippen molar-refractivity contribution >= 4 is 35.1 Å². The van der Waals surface area contributed by atoms with Gasteiger partial charge in [0.05, 0.1) is 11.7 Å². The Bertz CT molecular complexity index is 1190. The smallest absolute Gasteiger partial charge is 0.505 e. The molecule has 212 valence electrons. The van der Waals surface area contributed by atoms with Gasteiger partial charge in [0.2, 0.25) is 11.8 Å². The highest BCUT2D eigenvalue weighted by Crippen LogP contribution is 2.54. The third kappa shape index (κ3) is 6.64. The number of carbonyl (C=O) groups is 5. The lowest BCUT2D eigenvalue weighted by Crippen LogP contribution is -2.53. The molecule has 0 aromatic heterocycles. The summed E-state index contributed by atoms with van der Waals surface area (Å²) in [4.78, 5) is 64.5. The predicted octanol–water partition coefficient (Wildman–Crippen LogP) is 0.967. The molecule has 39 heavy (non-hydrogen) atoms. The van der Waals surface area contributed by atoms with Crippen molar-refractivity contribution in [1.82, 2.24) is 15.5 Å². The molecule has 1 aromatic carbocycles. The number of amides is 4. The molecule has 4 amide bonds. The maximum atomic E-state index is 14.1. The number of alkyl halides is 3. The van der Waals surface area contributed by atoms with E-state index in [-0.39, 0.29) is 19.4 Å². The van der Waals surface area contributed by atoms with Crippen molar-refractivity contribution in [2.24, 2.45) is 11.3 Å². The molecule has 1 saturated carbocycles. The molecule has 0 bridgehead atoms. The molecule has 3 aliphatic rings. The quantitative estimate of drug-likeness (QED) is 0.274. The minimum Gasteiger partial charge on any atom is -0.505 e. The van der Waals surface area contributed by atoms with Crippen LogP contribution in [0, 0.1) is 17.2 Å². The zero-order chi connectivity index (χ0) is 28.5. The van der Waals surface area contributed by atoms with E-state index in [1.165, 1.54) is 6.07 Å². The number of aromatic hydroxyl groups is 1. The number of nitrogens with one attached hydrogen (secondary N) is 3. The first kappa shape index (κ1) is 28.3. The number of Topliss-reactive ketones (excluding diaryl/α,β-unsaturated/α-hetero) is 1. The molecule has 3 atom stereocenters. The Morgan fingerprint density at radius 3 is 2.56 bits per heavy atom. The molecule has 2 aliphatic heterocycles. The van der Waals surface area contributed by atoms with E-state index in [4.69, 9.17) is 0 Å². The van der Waals surface area contributed by atoms with Gasteiger partial charge in [0.1, 0.15) is 12.6 Å². The summed E-state index contributed by atoms with van der Waals surface area (Å²) in [6.45, 7) is -1.06. The first-order valence-corrected chi connectivity index (χ1v) is 12.2. The number of hydrogen-bond acceptors (Lipinski definition) is 7. The summed E-state index contributed by atoms with van der Waals surface area (Å²) in [6, 6.07) is 0.646. The maximum absolute atomic E-state index is 14.1. The number of rotatable bonds is 8. The molecule has 2 heterocycles. The Morgan fingerprint density at radius 1 is 1.23 bits per heavy atom. The number of halogens is 4. The minimum absolute atomic E-state index is 0.0285. The minimum atomic E-state index is -5.09. The number of benzene rings is 1. The van der Waals surface area contributed by atoms with Crippen molar-refractivity contribution in [2.45, 2.75) is 50.6 Å². The summed E-state index contributed by atoms with van der Waals surface area (Å²) in [6.07, 6.45) is -3.60. The Hall–Kier alpha value is -3.75. The second kappa shape index (κ2) is 10.8. The summed E-state index contributed by atoms with van der Waals surface area (Å²) < 4.78 is 55.3. The van der Waals surface area contributed by atoms with Crippen molar-refractivity contribution < 1.29 is 51.4 Å². The number of hydrogen-bond donors (Lipinski definition) is 4. The van der Waals surface area contributed by atoms with Gasteiger partial charge >= 0.3 is 18.2 Å². The number of ketones is 1. The topological polar surface area (TPSA) is 154 Å². The summed E-state index contributed by atoms with van der Waals surface area (Å²) in [5, 5.41) is 16.5.